The van der Waals surface area contributed by atoms with Gasteiger partial charge in [-0.1, -0.05) is 6.92 Å². The number of carbonyl (C=O) groups is 2. The van der Waals surface area contributed by atoms with E-state index in [1.165, 1.54) is 0 Å². The smallest absolute Gasteiger partial charge is 0.290 e. The molecule has 0 bridgehead atoms. The van der Waals surface area contributed by atoms with Gasteiger partial charge in [0.15, 0.2) is 0 Å². The Morgan fingerprint density at radius 1 is 1.42 bits per heavy atom. The Bertz CT molecular complexity index is 852. The third-order valence-corrected chi connectivity index (χ3v) is 4.93. The fraction of sp³-hybridized carbons (Fsp3) is 0.476. The monoisotopic (exact) mass is 428 g/mol. The van der Waals surface area contributed by atoms with Gasteiger partial charge >= 0.3 is 0 Å². The molecule has 2 aromatic heterocycles. The number of hydrogen-bond donors (Lipinski definition) is 4. The first-order valence-electron chi connectivity index (χ1n) is 10.2. The number of aromatic amines is 1. The van der Waals surface area contributed by atoms with Crippen molar-refractivity contribution in [1.29, 1.82) is 5.26 Å². The molecule has 1 amide bonds. The molecule has 1 aliphatic rings. The first kappa shape index (κ1) is 23.8. The van der Waals surface area contributed by atoms with Crippen molar-refractivity contribution in [3.63, 3.8) is 0 Å². The fourth-order valence-corrected chi connectivity index (χ4v) is 3.48. The van der Waals surface area contributed by atoms with E-state index in [0.717, 1.165) is 25.1 Å². The van der Waals surface area contributed by atoms with Gasteiger partial charge in [-0.3, -0.25) is 9.59 Å². The first-order valence-corrected chi connectivity index (χ1v) is 10.2. The lowest BCUT2D eigenvalue weighted by Crippen LogP contribution is -2.45. The van der Waals surface area contributed by atoms with Crippen LogP contribution in [0.15, 0.2) is 30.7 Å². The molecule has 166 valence electrons. The average Bonchev–Trinajstić information content (AvgIpc) is 3.31. The molecule has 0 radical (unpaired) electrons. The number of ether oxygens (including phenoxy) is 1. The zero-order chi connectivity index (χ0) is 22.5. The number of hydrogen-bond acceptors (Lipinski definition) is 7. The van der Waals surface area contributed by atoms with Crippen molar-refractivity contribution in [2.45, 2.75) is 51.3 Å². The maximum atomic E-state index is 12.6. The largest absolute Gasteiger partial charge is 0.483 e. The van der Waals surface area contributed by atoms with Crippen molar-refractivity contribution in [2.75, 3.05) is 11.9 Å². The number of amides is 1. The molecule has 2 heterocycles. The molecule has 1 saturated carbocycles. The lowest BCUT2D eigenvalue weighted by molar-refractivity contribution is -0.128. The van der Waals surface area contributed by atoms with Crippen LogP contribution in [0.3, 0.4) is 0 Å². The standard InChI is InChI=1S/C20H26N6O2.CH2O2/c1-2-10-28-17-11-14(20(27)25-13-18-22-8-9-23-18)5-6-16(17)26-19-15(12-21)4-3-7-24-19;2-1-3/h3-4,7-9,14,16-17H,2,5-6,10-11,13H2,1H3,(H,22,23)(H,24,26)(H,25,27);1H,(H,2,3)/t14-,16+,17+;/m0./s1. The van der Waals surface area contributed by atoms with Crippen molar-refractivity contribution in [1.82, 2.24) is 20.3 Å². The van der Waals surface area contributed by atoms with Crippen molar-refractivity contribution in [3.05, 3.63) is 42.1 Å². The highest BCUT2D eigenvalue weighted by molar-refractivity contribution is 5.78. The zero-order valence-electron chi connectivity index (χ0n) is 17.5. The van der Waals surface area contributed by atoms with Gasteiger partial charge in [0, 0.05) is 31.1 Å². The Hall–Kier alpha value is -3.45. The maximum absolute atomic E-state index is 12.6. The number of nitriles is 1. The van der Waals surface area contributed by atoms with Gasteiger partial charge in [-0.2, -0.15) is 5.26 Å². The number of carbonyl (C=O) groups excluding carboxylic acids is 1. The maximum Gasteiger partial charge on any atom is 0.290 e. The van der Waals surface area contributed by atoms with E-state index >= 15 is 0 Å². The Labute approximate surface area is 181 Å². The van der Waals surface area contributed by atoms with E-state index in [1.807, 2.05) is 0 Å². The van der Waals surface area contributed by atoms with Crippen LogP contribution >= 0.6 is 0 Å². The number of carboxylic acid groups (broad SMARTS) is 1. The molecule has 4 N–H and O–H groups in total. The number of H-pyrrole nitrogens is 1. The van der Waals surface area contributed by atoms with Crippen LogP contribution in [0, 0.1) is 17.2 Å². The van der Waals surface area contributed by atoms with Crippen LogP contribution in [0.1, 0.15) is 44.0 Å². The SMILES string of the molecule is CCCO[C@@H]1C[C@@H](C(=O)NCc2ncc[nH]2)CC[C@H]1Nc1ncccc1C#N.O=CO. The molecule has 0 aliphatic heterocycles. The van der Waals surface area contributed by atoms with Crippen LogP contribution in [-0.4, -0.2) is 51.2 Å². The van der Waals surface area contributed by atoms with E-state index in [4.69, 9.17) is 14.6 Å². The molecule has 0 spiro atoms. The molecule has 3 atom stereocenters. The van der Waals surface area contributed by atoms with E-state index in [9.17, 15) is 10.1 Å². The van der Waals surface area contributed by atoms with Crippen LogP contribution in [0.25, 0.3) is 0 Å². The van der Waals surface area contributed by atoms with Gasteiger partial charge in [0.1, 0.15) is 17.7 Å². The summed E-state index contributed by atoms with van der Waals surface area (Å²) in [7, 11) is 0. The molecule has 10 nitrogen and oxygen atoms in total. The number of imidazole rings is 1. The van der Waals surface area contributed by atoms with Crippen molar-refractivity contribution in [2.24, 2.45) is 5.92 Å². The van der Waals surface area contributed by atoms with Gasteiger partial charge in [-0.25, -0.2) is 9.97 Å². The van der Waals surface area contributed by atoms with E-state index in [0.29, 0.717) is 31.0 Å². The number of anilines is 1. The highest BCUT2D eigenvalue weighted by atomic mass is 16.5. The van der Waals surface area contributed by atoms with Gasteiger partial charge in [0.05, 0.1) is 24.3 Å². The molecule has 1 aliphatic carbocycles. The second-order valence-electron chi connectivity index (χ2n) is 7.04. The second-order valence-corrected chi connectivity index (χ2v) is 7.04. The summed E-state index contributed by atoms with van der Waals surface area (Å²) < 4.78 is 6.05. The Morgan fingerprint density at radius 2 is 2.23 bits per heavy atom. The minimum atomic E-state index is -0.250. The summed E-state index contributed by atoms with van der Waals surface area (Å²) in [6.45, 7) is 2.84. The van der Waals surface area contributed by atoms with E-state index in [-0.39, 0.29) is 30.4 Å². The molecule has 0 unspecified atom stereocenters. The molecule has 10 heteroatoms. The van der Waals surface area contributed by atoms with E-state index in [2.05, 4.69) is 38.6 Å². The Kier molecular flexibility index (Phi) is 9.97. The summed E-state index contributed by atoms with van der Waals surface area (Å²) in [5.74, 6) is 1.23. The summed E-state index contributed by atoms with van der Waals surface area (Å²) >= 11 is 0. The van der Waals surface area contributed by atoms with Gasteiger partial charge in [0.25, 0.3) is 6.47 Å². The van der Waals surface area contributed by atoms with E-state index in [1.54, 1.807) is 30.7 Å². The normalized spacial score (nSPS) is 19.9. The number of aromatic nitrogens is 3. The molecule has 31 heavy (non-hydrogen) atoms. The predicted octanol–water partition coefficient (Wildman–Crippen LogP) is 2.07. The third-order valence-electron chi connectivity index (χ3n) is 4.93. The van der Waals surface area contributed by atoms with Crippen molar-refractivity contribution < 1.29 is 19.4 Å². The van der Waals surface area contributed by atoms with Crippen LogP contribution in [0.4, 0.5) is 5.82 Å². The molecule has 2 aromatic rings. The molecular formula is C21H28N6O4. The van der Waals surface area contributed by atoms with Crippen LogP contribution in [0.5, 0.6) is 0 Å². The molecule has 0 saturated heterocycles. The predicted molar refractivity (Wildman–Crippen MR) is 113 cm³/mol. The summed E-state index contributed by atoms with van der Waals surface area (Å²) in [5.41, 5.74) is 0.509. The summed E-state index contributed by atoms with van der Waals surface area (Å²) in [6, 6.07) is 5.66. The third kappa shape index (κ3) is 7.38. The minimum absolute atomic E-state index is 0.0164. The summed E-state index contributed by atoms with van der Waals surface area (Å²) in [5, 5.41) is 22.5. The molecule has 0 aromatic carbocycles. The molecule has 3 rings (SSSR count). The molecular weight excluding hydrogens is 400 g/mol. The van der Waals surface area contributed by atoms with Crippen LogP contribution in [0.2, 0.25) is 0 Å². The number of nitrogens with one attached hydrogen (secondary N) is 3. The van der Waals surface area contributed by atoms with Gasteiger partial charge in [0.2, 0.25) is 5.91 Å². The lowest BCUT2D eigenvalue weighted by atomic mass is 9.83. The fourth-order valence-electron chi connectivity index (χ4n) is 3.48. The molecule has 1 fully saturated rings. The topological polar surface area (TPSA) is 153 Å². The first-order chi connectivity index (χ1) is 15.1. The highest BCUT2D eigenvalue weighted by Crippen LogP contribution is 2.29. The zero-order valence-corrected chi connectivity index (χ0v) is 17.5. The van der Waals surface area contributed by atoms with Gasteiger partial charge < -0.3 is 25.5 Å². The number of nitrogens with zero attached hydrogens (tertiary/aromatic N) is 3. The lowest BCUT2D eigenvalue weighted by Gasteiger charge is -2.36. The second kappa shape index (κ2) is 13.0. The number of rotatable bonds is 8. The minimum Gasteiger partial charge on any atom is -0.483 e. The highest BCUT2D eigenvalue weighted by Gasteiger charge is 2.35. The van der Waals surface area contributed by atoms with Gasteiger partial charge in [-0.15, -0.1) is 0 Å². The van der Waals surface area contributed by atoms with Crippen molar-refractivity contribution in [3.8, 4) is 6.07 Å². The Balaban J connectivity index is 0.00000107. The van der Waals surface area contributed by atoms with E-state index < -0.39 is 0 Å². The average molecular weight is 428 g/mol. The summed E-state index contributed by atoms with van der Waals surface area (Å²) in [6.07, 6.45) is 8.03. The quantitative estimate of drug-likeness (QED) is 0.466. The number of pyridine rings is 1. The Morgan fingerprint density at radius 3 is 2.90 bits per heavy atom. The van der Waals surface area contributed by atoms with Gasteiger partial charge in [-0.05, 0) is 37.8 Å². The summed E-state index contributed by atoms with van der Waals surface area (Å²) in [4.78, 5) is 32.4. The van der Waals surface area contributed by atoms with Crippen molar-refractivity contribution >= 4 is 18.2 Å². The van der Waals surface area contributed by atoms with Crippen LogP contribution < -0.4 is 10.6 Å². The van der Waals surface area contributed by atoms with Crippen LogP contribution in [-0.2, 0) is 20.9 Å².